The Bertz CT molecular complexity index is 824. The van der Waals surface area contributed by atoms with Gasteiger partial charge in [0.25, 0.3) is 5.56 Å². The SMILES string of the molecule is CC(C)(C)OC(=O)N1CCCC[C@H]1c1nc2cc(Br)sc2c(=O)[nH]1. The molecule has 8 heteroatoms. The summed E-state index contributed by atoms with van der Waals surface area (Å²) >= 11 is 4.74. The lowest BCUT2D eigenvalue weighted by Gasteiger charge is -2.36. The molecule has 1 atom stereocenters. The standard InChI is InChI=1S/C16H20BrN3O3S/c1-16(2,3)23-15(22)20-7-5-4-6-10(20)13-18-9-8-11(17)24-12(9)14(21)19-13/h8,10H,4-7H2,1-3H3,(H,18,19,21)/t10-/m0/s1. The molecule has 3 rings (SSSR count). The van der Waals surface area contributed by atoms with Gasteiger partial charge in [0.15, 0.2) is 0 Å². The van der Waals surface area contributed by atoms with Gasteiger partial charge in [0.1, 0.15) is 16.1 Å². The molecule has 0 aromatic carbocycles. The minimum atomic E-state index is -0.553. The quantitative estimate of drug-likeness (QED) is 0.759. The molecule has 130 valence electrons. The molecule has 1 fully saturated rings. The zero-order valence-corrected chi connectivity index (χ0v) is 16.3. The lowest BCUT2D eigenvalue weighted by Crippen LogP contribution is -2.42. The number of hydrogen-bond acceptors (Lipinski definition) is 5. The van der Waals surface area contributed by atoms with Crippen molar-refractivity contribution in [3.05, 3.63) is 26.0 Å². The number of halogens is 1. The maximum Gasteiger partial charge on any atom is 0.410 e. The Labute approximate surface area is 152 Å². The molecule has 1 N–H and O–H groups in total. The molecule has 1 saturated heterocycles. The third kappa shape index (κ3) is 3.64. The number of thiophene rings is 1. The predicted molar refractivity (Wildman–Crippen MR) is 97.5 cm³/mol. The summed E-state index contributed by atoms with van der Waals surface area (Å²) in [5, 5.41) is 0. The molecule has 0 radical (unpaired) electrons. The van der Waals surface area contributed by atoms with E-state index in [9.17, 15) is 9.59 Å². The lowest BCUT2D eigenvalue weighted by molar-refractivity contribution is 0.00845. The fourth-order valence-corrected chi connectivity index (χ4v) is 4.26. The van der Waals surface area contributed by atoms with Crippen molar-refractivity contribution in [3.8, 4) is 0 Å². The topological polar surface area (TPSA) is 75.3 Å². The van der Waals surface area contributed by atoms with E-state index >= 15 is 0 Å². The summed E-state index contributed by atoms with van der Waals surface area (Å²) in [6.45, 7) is 6.14. The number of nitrogens with one attached hydrogen (secondary N) is 1. The molecule has 1 aliphatic rings. The molecule has 0 aliphatic carbocycles. The number of piperidine rings is 1. The summed E-state index contributed by atoms with van der Waals surface area (Å²) in [5.41, 5.74) is -0.0667. The van der Waals surface area contributed by atoms with Crippen LogP contribution < -0.4 is 5.56 Å². The zero-order chi connectivity index (χ0) is 17.5. The van der Waals surface area contributed by atoms with Crippen LogP contribution in [-0.2, 0) is 4.74 Å². The second-order valence-corrected chi connectivity index (χ2v) is 9.33. The van der Waals surface area contributed by atoms with E-state index in [4.69, 9.17) is 4.74 Å². The fourth-order valence-electron chi connectivity index (χ4n) is 2.84. The number of H-pyrrole nitrogens is 1. The molecule has 2 aromatic rings. The average molecular weight is 414 g/mol. The number of hydrogen-bond donors (Lipinski definition) is 1. The van der Waals surface area contributed by atoms with E-state index in [-0.39, 0.29) is 17.7 Å². The van der Waals surface area contributed by atoms with Gasteiger partial charge in [0.05, 0.1) is 15.3 Å². The molecule has 1 amide bonds. The van der Waals surface area contributed by atoms with E-state index in [1.165, 1.54) is 11.3 Å². The van der Waals surface area contributed by atoms with Gasteiger partial charge in [-0.1, -0.05) is 0 Å². The van der Waals surface area contributed by atoms with Crippen molar-refractivity contribution < 1.29 is 9.53 Å². The first-order valence-electron chi connectivity index (χ1n) is 7.93. The number of likely N-dealkylation sites (tertiary alicyclic amines) is 1. The first-order valence-corrected chi connectivity index (χ1v) is 9.54. The van der Waals surface area contributed by atoms with E-state index in [1.54, 1.807) is 4.90 Å². The van der Waals surface area contributed by atoms with Crippen LogP contribution in [0.2, 0.25) is 0 Å². The Kier molecular flexibility index (Phi) is 4.70. The normalized spacial score (nSPS) is 18.8. The van der Waals surface area contributed by atoms with Gasteiger partial charge in [0, 0.05) is 6.54 Å². The van der Waals surface area contributed by atoms with Crippen LogP contribution in [0.25, 0.3) is 10.2 Å². The smallest absolute Gasteiger partial charge is 0.410 e. The molecular weight excluding hydrogens is 394 g/mol. The average Bonchev–Trinajstić information content (AvgIpc) is 2.86. The van der Waals surface area contributed by atoms with Crippen LogP contribution in [0.15, 0.2) is 14.6 Å². The van der Waals surface area contributed by atoms with Crippen molar-refractivity contribution in [1.29, 1.82) is 0 Å². The first kappa shape index (κ1) is 17.4. The monoisotopic (exact) mass is 413 g/mol. The number of nitrogens with zero attached hydrogens (tertiary/aromatic N) is 2. The second-order valence-electron chi connectivity index (χ2n) is 6.90. The number of aromatic nitrogens is 2. The second kappa shape index (κ2) is 6.48. The molecular formula is C16H20BrN3O3S. The minimum absolute atomic E-state index is 0.166. The Morgan fingerprint density at radius 2 is 2.21 bits per heavy atom. The summed E-state index contributed by atoms with van der Waals surface area (Å²) < 4.78 is 6.96. The zero-order valence-electron chi connectivity index (χ0n) is 13.9. The van der Waals surface area contributed by atoms with Crippen LogP contribution in [0.3, 0.4) is 0 Å². The van der Waals surface area contributed by atoms with E-state index in [2.05, 4.69) is 25.9 Å². The minimum Gasteiger partial charge on any atom is -0.444 e. The summed E-state index contributed by atoms with van der Waals surface area (Å²) in [5.74, 6) is 0.531. The van der Waals surface area contributed by atoms with E-state index in [0.29, 0.717) is 22.6 Å². The maximum atomic E-state index is 12.5. The van der Waals surface area contributed by atoms with E-state index in [0.717, 1.165) is 23.0 Å². The Balaban J connectivity index is 1.96. The summed E-state index contributed by atoms with van der Waals surface area (Å²) in [7, 11) is 0. The molecule has 3 heterocycles. The molecule has 0 bridgehead atoms. The highest BCUT2D eigenvalue weighted by atomic mass is 79.9. The van der Waals surface area contributed by atoms with Crippen LogP contribution in [0.1, 0.15) is 51.9 Å². The highest BCUT2D eigenvalue weighted by Crippen LogP contribution is 2.32. The van der Waals surface area contributed by atoms with Gasteiger partial charge < -0.3 is 9.72 Å². The van der Waals surface area contributed by atoms with Crippen molar-refractivity contribution in [1.82, 2.24) is 14.9 Å². The van der Waals surface area contributed by atoms with Crippen LogP contribution in [0.4, 0.5) is 4.79 Å². The number of fused-ring (bicyclic) bond motifs is 1. The Hall–Kier alpha value is -1.41. The van der Waals surface area contributed by atoms with Crippen molar-refractivity contribution in [2.75, 3.05) is 6.54 Å². The van der Waals surface area contributed by atoms with Gasteiger partial charge in [-0.2, -0.15) is 0 Å². The highest BCUT2D eigenvalue weighted by molar-refractivity contribution is 9.11. The summed E-state index contributed by atoms with van der Waals surface area (Å²) in [4.78, 5) is 34.0. The molecule has 1 aliphatic heterocycles. The number of carbonyl (C=O) groups is 1. The third-order valence-corrected chi connectivity index (χ3v) is 5.44. The van der Waals surface area contributed by atoms with Gasteiger partial charge in [0.2, 0.25) is 0 Å². The van der Waals surface area contributed by atoms with Crippen LogP contribution in [0.5, 0.6) is 0 Å². The van der Waals surface area contributed by atoms with Gasteiger partial charge in [-0.15, -0.1) is 11.3 Å². The first-order chi connectivity index (χ1) is 11.2. The molecule has 0 saturated carbocycles. The maximum absolute atomic E-state index is 12.5. The highest BCUT2D eigenvalue weighted by Gasteiger charge is 2.33. The van der Waals surface area contributed by atoms with Crippen molar-refractivity contribution in [2.45, 2.75) is 51.7 Å². The van der Waals surface area contributed by atoms with Gasteiger partial charge in [-0.3, -0.25) is 9.69 Å². The number of ether oxygens (including phenoxy) is 1. The van der Waals surface area contributed by atoms with E-state index < -0.39 is 5.60 Å². The number of aromatic amines is 1. The summed E-state index contributed by atoms with van der Waals surface area (Å²) in [6, 6.07) is 1.57. The largest absolute Gasteiger partial charge is 0.444 e. The lowest BCUT2D eigenvalue weighted by atomic mass is 10.0. The third-order valence-electron chi connectivity index (χ3n) is 3.82. The van der Waals surface area contributed by atoms with Crippen LogP contribution in [0, 0.1) is 0 Å². The van der Waals surface area contributed by atoms with Crippen molar-refractivity contribution >= 4 is 43.6 Å². The molecule has 24 heavy (non-hydrogen) atoms. The predicted octanol–water partition coefficient (Wildman–Crippen LogP) is 4.21. The van der Waals surface area contributed by atoms with Gasteiger partial charge >= 0.3 is 6.09 Å². The fraction of sp³-hybridized carbons (Fsp3) is 0.562. The molecule has 2 aromatic heterocycles. The van der Waals surface area contributed by atoms with Crippen molar-refractivity contribution in [2.24, 2.45) is 0 Å². The number of amides is 1. The molecule has 0 unspecified atom stereocenters. The number of rotatable bonds is 1. The van der Waals surface area contributed by atoms with Crippen molar-refractivity contribution in [3.63, 3.8) is 0 Å². The van der Waals surface area contributed by atoms with Gasteiger partial charge in [-0.05, 0) is 62.0 Å². The molecule has 6 nitrogen and oxygen atoms in total. The van der Waals surface area contributed by atoms with Crippen LogP contribution >= 0.6 is 27.3 Å². The van der Waals surface area contributed by atoms with E-state index in [1.807, 2.05) is 26.8 Å². The molecule has 0 spiro atoms. The van der Waals surface area contributed by atoms with Gasteiger partial charge in [-0.25, -0.2) is 9.78 Å². The Morgan fingerprint density at radius 3 is 2.92 bits per heavy atom. The van der Waals surface area contributed by atoms with Crippen LogP contribution in [-0.4, -0.2) is 33.1 Å². The number of carbonyl (C=O) groups excluding carboxylic acids is 1. The Morgan fingerprint density at radius 1 is 1.46 bits per heavy atom. The summed E-state index contributed by atoms with van der Waals surface area (Å²) in [6.07, 6.45) is 2.31.